The van der Waals surface area contributed by atoms with Gasteiger partial charge in [-0.3, -0.25) is 14.9 Å². The van der Waals surface area contributed by atoms with Crippen molar-refractivity contribution in [2.45, 2.75) is 0 Å². The Labute approximate surface area is 170 Å². The number of aromatic nitrogens is 4. The van der Waals surface area contributed by atoms with Gasteiger partial charge in [0.25, 0.3) is 11.6 Å². The molecule has 1 N–H and O–H groups in total. The van der Waals surface area contributed by atoms with Gasteiger partial charge in [0.1, 0.15) is 5.69 Å². The molecule has 10 nitrogen and oxygen atoms in total. The normalized spacial score (nSPS) is 10.7. The van der Waals surface area contributed by atoms with Crippen LogP contribution in [-0.4, -0.2) is 44.6 Å². The third-order valence-corrected chi connectivity index (χ3v) is 4.54. The average molecular weight is 403 g/mol. The summed E-state index contributed by atoms with van der Waals surface area (Å²) in [5.41, 5.74) is 0.739. The van der Waals surface area contributed by atoms with E-state index in [1.807, 2.05) is 42.5 Å². The highest BCUT2D eigenvalue weighted by Gasteiger charge is 2.19. The molecule has 1 amide bonds. The highest BCUT2D eigenvalue weighted by atomic mass is 16.6. The van der Waals surface area contributed by atoms with E-state index in [1.165, 1.54) is 18.2 Å². The summed E-state index contributed by atoms with van der Waals surface area (Å²) in [6, 6.07) is 19.6. The summed E-state index contributed by atoms with van der Waals surface area (Å²) in [6.07, 6.45) is 0. The zero-order valence-electron chi connectivity index (χ0n) is 16.0. The molecule has 0 aliphatic rings. The van der Waals surface area contributed by atoms with Gasteiger partial charge in [0.15, 0.2) is 0 Å². The maximum absolute atomic E-state index is 12.5. The molecule has 0 fully saturated rings. The molecule has 30 heavy (non-hydrogen) atoms. The molecule has 0 aliphatic carbocycles. The lowest BCUT2D eigenvalue weighted by Gasteiger charge is -2.18. The highest BCUT2D eigenvalue weighted by Crippen LogP contribution is 2.25. The number of anilines is 2. The number of rotatable bonds is 6. The van der Waals surface area contributed by atoms with Gasteiger partial charge < -0.3 is 10.2 Å². The zero-order valence-corrected chi connectivity index (χ0v) is 16.0. The molecule has 0 atom stereocenters. The number of hydrogen-bond donors (Lipinski definition) is 1. The van der Waals surface area contributed by atoms with Crippen molar-refractivity contribution < 1.29 is 9.72 Å². The molecule has 0 aliphatic heterocycles. The van der Waals surface area contributed by atoms with Gasteiger partial charge in [-0.2, -0.15) is 4.68 Å². The fraction of sp³-hybridized carbons (Fsp3) is 0.100. The van der Waals surface area contributed by atoms with Crippen LogP contribution >= 0.6 is 0 Å². The van der Waals surface area contributed by atoms with Crippen LogP contribution in [0.1, 0.15) is 0 Å². The maximum Gasteiger partial charge on any atom is 0.292 e. The molecule has 10 heteroatoms. The fourth-order valence-corrected chi connectivity index (χ4v) is 3.18. The Morgan fingerprint density at radius 2 is 1.83 bits per heavy atom. The van der Waals surface area contributed by atoms with Crippen molar-refractivity contribution in [1.29, 1.82) is 0 Å². The topological polar surface area (TPSA) is 119 Å². The van der Waals surface area contributed by atoms with E-state index >= 15 is 0 Å². The molecule has 4 rings (SSSR count). The fourth-order valence-electron chi connectivity index (χ4n) is 3.18. The minimum absolute atomic E-state index is 0.100. The zero-order chi connectivity index (χ0) is 21.1. The smallest absolute Gasteiger partial charge is 0.292 e. The summed E-state index contributed by atoms with van der Waals surface area (Å²) in [6.45, 7) is -0.100. The lowest BCUT2D eigenvalue weighted by Crippen LogP contribution is -2.32. The van der Waals surface area contributed by atoms with Crippen LogP contribution in [0, 0.1) is 10.1 Å². The molecule has 150 valence electrons. The summed E-state index contributed by atoms with van der Waals surface area (Å²) < 4.78 is 1.56. The molecule has 0 bridgehead atoms. The number of nitro benzene ring substituents is 1. The predicted octanol–water partition coefficient (Wildman–Crippen LogP) is 2.80. The number of fused-ring (bicyclic) bond motifs is 1. The Kier molecular flexibility index (Phi) is 5.04. The van der Waals surface area contributed by atoms with Gasteiger partial charge >= 0.3 is 0 Å². The minimum atomic E-state index is -0.541. The van der Waals surface area contributed by atoms with Gasteiger partial charge in [0, 0.05) is 18.5 Å². The van der Waals surface area contributed by atoms with Gasteiger partial charge in [0.05, 0.1) is 17.2 Å². The van der Waals surface area contributed by atoms with Crippen LogP contribution in [0.5, 0.6) is 0 Å². The monoisotopic (exact) mass is 403 g/mol. The van der Waals surface area contributed by atoms with Crippen LogP contribution in [-0.2, 0) is 4.79 Å². The van der Waals surface area contributed by atoms with E-state index in [1.54, 1.807) is 22.7 Å². The van der Waals surface area contributed by atoms with E-state index in [0.717, 1.165) is 16.5 Å². The number of nitrogens with one attached hydrogen (secondary N) is 1. The van der Waals surface area contributed by atoms with Crippen molar-refractivity contribution in [1.82, 2.24) is 20.2 Å². The summed E-state index contributed by atoms with van der Waals surface area (Å²) in [5.74, 6) is -0.0664. The van der Waals surface area contributed by atoms with E-state index in [-0.39, 0.29) is 17.9 Å². The van der Waals surface area contributed by atoms with E-state index in [0.29, 0.717) is 5.95 Å². The van der Waals surface area contributed by atoms with E-state index in [9.17, 15) is 14.9 Å². The third-order valence-electron chi connectivity index (χ3n) is 4.54. The van der Waals surface area contributed by atoms with Gasteiger partial charge in [-0.15, -0.1) is 0 Å². The number of benzene rings is 3. The van der Waals surface area contributed by atoms with Gasteiger partial charge in [0.2, 0.25) is 5.91 Å². The van der Waals surface area contributed by atoms with Crippen molar-refractivity contribution in [3.63, 3.8) is 0 Å². The number of nitrogens with zero attached hydrogens (tertiary/aromatic N) is 6. The molecule has 1 aromatic heterocycles. The number of carbonyl (C=O) groups excluding carboxylic acids is 1. The summed E-state index contributed by atoms with van der Waals surface area (Å²) in [4.78, 5) is 24.7. The van der Waals surface area contributed by atoms with Crippen LogP contribution in [0.25, 0.3) is 16.5 Å². The number of nitro groups is 1. The number of carbonyl (C=O) groups is 1. The Morgan fingerprint density at radius 3 is 2.67 bits per heavy atom. The maximum atomic E-state index is 12.5. The van der Waals surface area contributed by atoms with Crippen LogP contribution < -0.4 is 10.2 Å². The summed E-state index contributed by atoms with van der Waals surface area (Å²) in [7, 11) is 1.67. The van der Waals surface area contributed by atoms with Crippen molar-refractivity contribution in [3.05, 3.63) is 76.8 Å². The molecule has 0 spiro atoms. The van der Waals surface area contributed by atoms with Crippen molar-refractivity contribution in [2.75, 3.05) is 23.8 Å². The second-order valence-electron chi connectivity index (χ2n) is 6.57. The Morgan fingerprint density at radius 1 is 1.10 bits per heavy atom. The standard InChI is InChI=1S/C20H17N7O3/c1-25(13-19(28)21-16-10-4-5-11-18(16)27(29)30)20-22-23-24-26(20)17-12-6-8-14-7-2-3-9-15(14)17/h2-12H,13H2,1H3,(H,21,28). The Balaban J connectivity index is 1.57. The lowest BCUT2D eigenvalue weighted by molar-refractivity contribution is -0.383. The molecular formula is C20H17N7O3. The van der Waals surface area contributed by atoms with E-state index in [4.69, 9.17) is 0 Å². The van der Waals surface area contributed by atoms with Crippen LogP contribution in [0.4, 0.5) is 17.3 Å². The van der Waals surface area contributed by atoms with Gasteiger partial charge in [-0.05, 0) is 27.9 Å². The van der Waals surface area contributed by atoms with Crippen molar-refractivity contribution in [2.24, 2.45) is 0 Å². The Hall–Kier alpha value is -4.34. The number of amides is 1. The van der Waals surface area contributed by atoms with Crippen molar-refractivity contribution >= 4 is 34.0 Å². The third kappa shape index (κ3) is 3.65. The van der Waals surface area contributed by atoms with Crippen LogP contribution in [0.15, 0.2) is 66.7 Å². The molecule has 0 radical (unpaired) electrons. The summed E-state index contributed by atoms with van der Waals surface area (Å²) in [5, 5.41) is 27.6. The highest BCUT2D eigenvalue weighted by molar-refractivity contribution is 5.96. The first-order valence-corrected chi connectivity index (χ1v) is 9.05. The Bertz CT molecular complexity index is 1230. The minimum Gasteiger partial charge on any atom is -0.333 e. The SMILES string of the molecule is CN(CC(=O)Nc1ccccc1[N+](=O)[O-])c1nnnn1-c1cccc2ccccc12. The van der Waals surface area contributed by atoms with Crippen molar-refractivity contribution in [3.8, 4) is 5.69 Å². The first kappa shape index (κ1) is 19.0. The van der Waals surface area contributed by atoms with Gasteiger partial charge in [-0.25, -0.2) is 0 Å². The molecule has 0 saturated heterocycles. The molecule has 1 heterocycles. The summed E-state index contributed by atoms with van der Waals surface area (Å²) >= 11 is 0. The second-order valence-corrected chi connectivity index (χ2v) is 6.57. The molecule has 3 aromatic carbocycles. The number of para-hydroxylation sites is 2. The lowest BCUT2D eigenvalue weighted by atomic mass is 10.1. The molecule has 0 unspecified atom stereocenters. The largest absolute Gasteiger partial charge is 0.333 e. The van der Waals surface area contributed by atoms with E-state index < -0.39 is 10.8 Å². The van der Waals surface area contributed by atoms with Crippen LogP contribution in [0.3, 0.4) is 0 Å². The first-order chi connectivity index (χ1) is 14.5. The number of hydrogen-bond acceptors (Lipinski definition) is 7. The number of tetrazole rings is 1. The average Bonchev–Trinajstić information content (AvgIpc) is 3.23. The predicted molar refractivity (Wildman–Crippen MR) is 112 cm³/mol. The number of likely N-dealkylation sites (N-methyl/N-ethyl adjacent to an activating group) is 1. The molecular weight excluding hydrogens is 386 g/mol. The molecule has 0 saturated carbocycles. The second kappa shape index (κ2) is 7.95. The van der Waals surface area contributed by atoms with E-state index in [2.05, 4.69) is 20.8 Å². The molecule has 4 aromatic rings. The first-order valence-electron chi connectivity index (χ1n) is 9.05. The van der Waals surface area contributed by atoms with Gasteiger partial charge in [-0.1, -0.05) is 53.6 Å². The van der Waals surface area contributed by atoms with Crippen LogP contribution in [0.2, 0.25) is 0 Å². The quantitative estimate of drug-likeness (QED) is 0.388.